The Morgan fingerprint density at radius 2 is 1.87 bits per heavy atom. The summed E-state index contributed by atoms with van der Waals surface area (Å²) in [6.07, 6.45) is 4.66. The molecule has 0 bridgehead atoms. The number of allylic oxidation sites excluding steroid dienone is 3. The molecular formula is C13H8N2. The zero-order valence-electron chi connectivity index (χ0n) is 8.07. The molecule has 70 valence electrons. The Balaban J connectivity index is 2.68. The molecule has 2 nitrogen and oxygen atoms in total. The lowest BCUT2D eigenvalue weighted by Crippen LogP contribution is -1.95. The van der Waals surface area contributed by atoms with Gasteiger partial charge >= 0.3 is 0 Å². The predicted octanol–water partition coefficient (Wildman–Crippen LogP) is 2.90. The molecule has 0 radical (unpaired) electrons. The van der Waals surface area contributed by atoms with E-state index in [1.165, 1.54) is 0 Å². The Labute approximate surface area is 88.4 Å². The van der Waals surface area contributed by atoms with Crippen molar-refractivity contribution < 1.29 is 0 Å². The first-order chi connectivity index (χ1) is 7.36. The minimum atomic E-state index is 0.215. The van der Waals surface area contributed by atoms with E-state index in [4.69, 9.17) is 10.5 Å². The lowest BCUT2D eigenvalue weighted by atomic mass is 9.89. The Hall–Kier alpha value is -2.32. The Bertz CT molecular complexity index is 520. The van der Waals surface area contributed by atoms with Crippen LogP contribution in [-0.2, 0) is 0 Å². The van der Waals surface area contributed by atoms with E-state index in [1.807, 2.05) is 48.6 Å². The molecule has 15 heavy (non-hydrogen) atoms. The molecule has 0 unspecified atom stereocenters. The van der Waals surface area contributed by atoms with Gasteiger partial charge in [-0.25, -0.2) is 0 Å². The second-order valence-electron chi connectivity index (χ2n) is 3.27. The molecule has 0 atom stereocenters. The fourth-order valence-corrected chi connectivity index (χ4v) is 1.73. The van der Waals surface area contributed by atoms with Crippen molar-refractivity contribution >= 4 is 11.6 Å². The SMILES string of the molecule is N#CC(C#N)=C1CC=Cc2ccccc21. The molecule has 1 aliphatic rings. The van der Waals surface area contributed by atoms with Crippen LogP contribution in [-0.4, -0.2) is 0 Å². The highest BCUT2D eigenvalue weighted by atomic mass is 14.3. The summed E-state index contributed by atoms with van der Waals surface area (Å²) in [6.45, 7) is 0. The first-order valence-corrected chi connectivity index (χ1v) is 4.66. The van der Waals surface area contributed by atoms with Crippen LogP contribution in [0.15, 0.2) is 35.9 Å². The molecule has 0 amide bonds. The van der Waals surface area contributed by atoms with Gasteiger partial charge in [0.25, 0.3) is 0 Å². The fourth-order valence-electron chi connectivity index (χ4n) is 1.73. The van der Waals surface area contributed by atoms with E-state index in [0.717, 1.165) is 16.7 Å². The molecule has 2 rings (SSSR count). The first-order valence-electron chi connectivity index (χ1n) is 4.66. The molecule has 1 aromatic rings. The van der Waals surface area contributed by atoms with Crippen LogP contribution in [0.5, 0.6) is 0 Å². The van der Waals surface area contributed by atoms with E-state index in [1.54, 1.807) is 0 Å². The van der Waals surface area contributed by atoms with Gasteiger partial charge in [0.2, 0.25) is 0 Å². The van der Waals surface area contributed by atoms with Crippen molar-refractivity contribution in [2.75, 3.05) is 0 Å². The van der Waals surface area contributed by atoms with Crippen LogP contribution in [0.2, 0.25) is 0 Å². The standard InChI is InChI=1S/C13H8N2/c14-8-11(9-15)13-7-3-5-10-4-1-2-6-12(10)13/h1-6H,7H2. The molecule has 0 saturated heterocycles. The lowest BCUT2D eigenvalue weighted by molar-refractivity contribution is 1.33. The average molecular weight is 192 g/mol. The average Bonchev–Trinajstić information content (AvgIpc) is 2.31. The van der Waals surface area contributed by atoms with Gasteiger partial charge in [0, 0.05) is 0 Å². The Kier molecular flexibility index (Phi) is 2.35. The van der Waals surface area contributed by atoms with Crippen LogP contribution < -0.4 is 0 Å². The monoisotopic (exact) mass is 192 g/mol. The van der Waals surface area contributed by atoms with Crippen molar-refractivity contribution in [2.45, 2.75) is 6.42 Å². The summed E-state index contributed by atoms with van der Waals surface area (Å²) < 4.78 is 0. The summed E-state index contributed by atoms with van der Waals surface area (Å²) in [5.41, 5.74) is 3.12. The maximum absolute atomic E-state index is 8.85. The highest BCUT2D eigenvalue weighted by molar-refractivity contribution is 5.84. The van der Waals surface area contributed by atoms with Crippen LogP contribution >= 0.6 is 0 Å². The van der Waals surface area contributed by atoms with Crippen LogP contribution in [0.25, 0.3) is 11.6 Å². The molecule has 0 aromatic heterocycles. The minimum absolute atomic E-state index is 0.215. The van der Waals surface area contributed by atoms with Crippen LogP contribution in [0, 0.1) is 22.7 Å². The van der Waals surface area contributed by atoms with Crippen molar-refractivity contribution in [3.63, 3.8) is 0 Å². The highest BCUT2D eigenvalue weighted by Crippen LogP contribution is 2.30. The molecular weight excluding hydrogens is 184 g/mol. The third-order valence-corrected chi connectivity index (χ3v) is 2.43. The van der Waals surface area contributed by atoms with Gasteiger partial charge in [-0.1, -0.05) is 36.4 Å². The third-order valence-electron chi connectivity index (χ3n) is 2.43. The van der Waals surface area contributed by atoms with Gasteiger partial charge in [-0.3, -0.25) is 0 Å². The molecule has 0 heterocycles. The van der Waals surface area contributed by atoms with Crippen molar-refractivity contribution in [1.29, 1.82) is 10.5 Å². The quantitative estimate of drug-likeness (QED) is 0.593. The van der Waals surface area contributed by atoms with Crippen molar-refractivity contribution in [3.8, 4) is 12.1 Å². The van der Waals surface area contributed by atoms with Gasteiger partial charge in [-0.05, 0) is 23.1 Å². The first kappa shape index (κ1) is 9.24. The summed E-state index contributed by atoms with van der Waals surface area (Å²) in [6, 6.07) is 11.7. The van der Waals surface area contributed by atoms with Crippen molar-refractivity contribution in [3.05, 3.63) is 47.0 Å². The van der Waals surface area contributed by atoms with Gasteiger partial charge < -0.3 is 0 Å². The van der Waals surface area contributed by atoms with Crippen LogP contribution in [0.1, 0.15) is 17.5 Å². The zero-order valence-corrected chi connectivity index (χ0v) is 8.07. The molecule has 0 N–H and O–H groups in total. The zero-order chi connectivity index (χ0) is 10.7. The molecule has 0 saturated carbocycles. The second-order valence-corrected chi connectivity index (χ2v) is 3.27. The van der Waals surface area contributed by atoms with Crippen LogP contribution in [0.4, 0.5) is 0 Å². The summed E-state index contributed by atoms with van der Waals surface area (Å²) in [5.74, 6) is 0. The van der Waals surface area contributed by atoms with Crippen molar-refractivity contribution in [1.82, 2.24) is 0 Å². The maximum Gasteiger partial charge on any atom is 0.133 e. The highest BCUT2D eigenvalue weighted by Gasteiger charge is 2.13. The second kappa shape index (κ2) is 3.82. The number of benzene rings is 1. The molecule has 0 aliphatic heterocycles. The molecule has 0 spiro atoms. The third kappa shape index (κ3) is 1.54. The maximum atomic E-state index is 8.85. The van der Waals surface area contributed by atoms with E-state index in [2.05, 4.69) is 0 Å². The summed E-state index contributed by atoms with van der Waals surface area (Å²) >= 11 is 0. The van der Waals surface area contributed by atoms with Gasteiger partial charge in [0.05, 0.1) is 0 Å². The topological polar surface area (TPSA) is 47.6 Å². The van der Waals surface area contributed by atoms with E-state index in [0.29, 0.717) is 6.42 Å². The van der Waals surface area contributed by atoms with E-state index < -0.39 is 0 Å². The summed E-state index contributed by atoms with van der Waals surface area (Å²) in [4.78, 5) is 0. The van der Waals surface area contributed by atoms with E-state index in [9.17, 15) is 0 Å². The van der Waals surface area contributed by atoms with Gasteiger partial charge in [-0.2, -0.15) is 10.5 Å². The number of rotatable bonds is 0. The van der Waals surface area contributed by atoms with Crippen molar-refractivity contribution in [2.24, 2.45) is 0 Å². The van der Waals surface area contributed by atoms with E-state index in [-0.39, 0.29) is 5.57 Å². The number of fused-ring (bicyclic) bond motifs is 1. The molecule has 1 aliphatic carbocycles. The lowest BCUT2D eigenvalue weighted by Gasteiger charge is -2.13. The van der Waals surface area contributed by atoms with Crippen LogP contribution in [0.3, 0.4) is 0 Å². The summed E-state index contributed by atoms with van der Waals surface area (Å²) in [7, 11) is 0. The number of nitrogens with zero attached hydrogens (tertiary/aromatic N) is 2. The Morgan fingerprint density at radius 3 is 2.60 bits per heavy atom. The fraction of sp³-hybridized carbons (Fsp3) is 0.0769. The molecule has 1 aromatic carbocycles. The van der Waals surface area contributed by atoms with Gasteiger partial charge in [-0.15, -0.1) is 0 Å². The number of hydrogen-bond donors (Lipinski definition) is 0. The molecule has 2 heteroatoms. The molecule has 0 fully saturated rings. The minimum Gasteiger partial charge on any atom is -0.192 e. The van der Waals surface area contributed by atoms with Gasteiger partial charge in [0.15, 0.2) is 0 Å². The normalized spacial score (nSPS) is 12.5. The number of hydrogen-bond acceptors (Lipinski definition) is 2. The smallest absolute Gasteiger partial charge is 0.133 e. The number of nitriles is 2. The van der Waals surface area contributed by atoms with Gasteiger partial charge in [0.1, 0.15) is 17.7 Å². The van der Waals surface area contributed by atoms with E-state index >= 15 is 0 Å². The summed E-state index contributed by atoms with van der Waals surface area (Å²) in [5, 5.41) is 17.7. The predicted molar refractivity (Wildman–Crippen MR) is 58.2 cm³/mol. The Morgan fingerprint density at radius 1 is 1.13 bits per heavy atom. The largest absolute Gasteiger partial charge is 0.192 e.